The molecule has 0 atom stereocenters. The van der Waals surface area contributed by atoms with Crippen molar-refractivity contribution in [2.75, 3.05) is 5.32 Å². The molecule has 120 valence electrons. The lowest BCUT2D eigenvalue weighted by atomic mass is 10.1. The first kappa shape index (κ1) is 15.1. The third kappa shape index (κ3) is 3.01. The quantitative estimate of drug-likeness (QED) is 0.584. The number of fused-ring (bicyclic) bond motifs is 1. The van der Waals surface area contributed by atoms with E-state index in [0.29, 0.717) is 21.9 Å². The van der Waals surface area contributed by atoms with E-state index in [0.717, 1.165) is 11.1 Å². The van der Waals surface area contributed by atoms with Crippen molar-refractivity contribution in [2.24, 2.45) is 0 Å². The van der Waals surface area contributed by atoms with Crippen molar-refractivity contribution in [1.29, 1.82) is 5.26 Å². The number of halogens is 1. The molecule has 0 unspecified atom stereocenters. The molecule has 6 nitrogen and oxygen atoms in total. The summed E-state index contributed by atoms with van der Waals surface area (Å²) in [5.74, 6) is 0.288. The van der Waals surface area contributed by atoms with Gasteiger partial charge >= 0.3 is 6.01 Å². The minimum Gasteiger partial charge on any atom is -0.423 e. The molecule has 0 spiro atoms. The molecular weight excluding hydrogens is 338 g/mol. The fraction of sp³-hybridized carbons (Fsp3) is 0. The average Bonchev–Trinajstić information content (AvgIpc) is 3.04. The molecule has 0 aliphatic rings. The summed E-state index contributed by atoms with van der Waals surface area (Å²) in [6.45, 7) is 0. The summed E-state index contributed by atoms with van der Waals surface area (Å²) < 4.78 is 5.61. The molecular formula is C18H10ClN5O. The highest BCUT2D eigenvalue weighted by Crippen LogP contribution is 2.25. The van der Waals surface area contributed by atoms with Crippen LogP contribution in [-0.2, 0) is 0 Å². The van der Waals surface area contributed by atoms with Gasteiger partial charge in [0.1, 0.15) is 11.6 Å². The van der Waals surface area contributed by atoms with Crippen molar-refractivity contribution < 1.29 is 4.42 Å². The zero-order chi connectivity index (χ0) is 17.2. The van der Waals surface area contributed by atoms with Crippen molar-refractivity contribution in [3.8, 4) is 17.3 Å². The fourth-order valence-corrected chi connectivity index (χ4v) is 2.50. The second-order valence-electron chi connectivity index (χ2n) is 5.19. The van der Waals surface area contributed by atoms with Crippen LogP contribution in [0.2, 0.25) is 5.02 Å². The second kappa shape index (κ2) is 6.23. The number of aromatic nitrogens is 3. The Hall–Kier alpha value is -3.43. The van der Waals surface area contributed by atoms with Crippen molar-refractivity contribution in [1.82, 2.24) is 15.0 Å². The van der Waals surface area contributed by atoms with Crippen LogP contribution in [-0.4, -0.2) is 15.0 Å². The van der Waals surface area contributed by atoms with Gasteiger partial charge in [0.15, 0.2) is 5.58 Å². The van der Waals surface area contributed by atoms with Crippen molar-refractivity contribution >= 4 is 34.7 Å². The van der Waals surface area contributed by atoms with E-state index in [4.69, 9.17) is 16.0 Å². The zero-order valence-corrected chi connectivity index (χ0v) is 13.5. The van der Waals surface area contributed by atoms with Gasteiger partial charge in [0.2, 0.25) is 5.95 Å². The van der Waals surface area contributed by atoms with Crippen molar-refractivity contribution in [3.05, 3.63) is 65.3 Å². The minimum absolute atomic E-state index is 0.285. The average molecular weight is 348 g/mol. The SMILES string of the molecule is N#Cc1cnc(Nc2nc3ccccc3o2)nc1-c1ccc(Cl)cc1. The van der Waals surface area contributed by atoms with Crippen molar-refractivity contribution in [2.45, 2.75) is 0 Å². The van der Waals surface area contributed by atoms with Gasteiger partial charge in [-0.1, -0.05) is 35.9 Å². The number of oxazole rings is 1. The summed E-state index contributed by atoms with van der Waals surface area (Å²) in [6, 6.07) is 16.9. The number of nitrogens with one attached hydrogen (secondary N) is 1. The molecule has 0 bridgehead atoms. The van der Waals surface area contributed by atoms with E-state index in [1.54, 1.807) is 24.3 Å². The molecule has 0 fully saturated rings. The van der Waals surface area contributed by atoms with Gasteiger partial charge in [-0.2, -0.15) is 10.2 Å². The molecule has 0 aliphatic heterocycles. The number of para-hydroxylation sites is 2. The number of nitriles is 1. The summed E-state index contributed by atoms with van der Waals surface area (Å²) in [7, 11) is 0. The van der Waals surface area contributed by atoms with Crippen LogP contribution in [0.4, 0.5) is 12.0 Å². The normalized spacial score (nSPS) is 10.6. The molecule has 0 saturated heterocycles. The summed E-state index contributed by atoms with van der Waals surface area (Å²) in [4.78, 5) is 12.9. The van der Waals surface area contributed by atoms with E-state index in [9.17, 15) is 5.26 Å². The molecule has 25 heavy (non-hydrogen) atoms. The van der Waals surface area contributed by atoms with Crippen LogP contribution in [0.3, 0.4) is 0 Å². The Morgan fingerprint density at radius 3 is 2.60 bits per heavy atom. The van der Waals surface area contributed by atoms with E-state index in [1.165, 1.54) is 6.20 Å². The summed E-state index contributed by atoms with van der Waals surface area (Å²) in [5, 5.41) is 12.8. The first-order valence-electron chi connectivity index (χ1n) is 7.38. The van der Waals surface area contributed by atoms with Crippen LogP contribution in [0.15, 0.2) is 59.1 Å². The number of hydrogen-bond donors (Lipinski definition) is 1. The van der Waals surface area contributed by atoms with E-state index in [1.807, 2.05) is 24.3 Å². The third-order valence-corrected chi connectivity index (χ3v) is 3.79. The van der Waals surface area contributed by atoms with E-state index in [-0.39, 0.29) is 12.0 Å². The Morgan fingerprint density at radius 2 is 1.84 bits per heavy atom. The Morgan fingerprint density at radius 1 is 1.04 bits per heavy atom. The molecule has 0 radical (unpaired) electrons. The van der Waals surface area contributed by atoms with Gasteiger partial charge in [-0.15, -0.1) is 0 Å². The van der Waals surface area contributed by atoms with E-state index < -0.39 is 0 Å². The number of nitrogens with zero attached hydrogens (tertiary/aromatic N) is 4. The smallest absolute Gasteiger partial charge is 0.302 e. The minimum atomic E-state index is 0.285. The molecule has 4 rings (SSSR count). The van der Waals surface area contributed by atoms with Crippen molar-refractivity contribution in [3.63, 3.8) is 0 Å². The van der Waals surface area contributed by atoms with Crippen LogP contribution in [0.25, 0.3) is 22.4 Å². The molecule has 0 aliphatic carbocycles. The monoisotopic (exact) mass is 347 g/mol. The third-order valence-electron chi connectivity index (χ3n) is 3.54. The highest BCUT2D eigenvalue weighted by atomic mass is 35.5. The van der Waals surface area contributed by atoms with Crippen LogP contribution >= 0.6 is 11.6 Å². The number of rotatable bonds is 3. The largest absolute Gasteiger partial charge is 0.423 e. The van der Waals surface area contributed by atoms with Gasteiger partial charge in [0, 0.05) is 10.6 Å². The molecule has 7 heteroatoms. The predicted molar refractivity (Wildman–Crippen MR) is 94.5 cm³/mol. The van der Waals surface area contributed by atoms with Gasteiger partial charge in [0.05, 0.1) is 17.5 Å². The number of hydrogen-bond acceptors (Lipinski definition) is 6. The van der Waals surface area contributed by atoms with Gasteiger partial charge < -0.3 is 4.42 Å². The molecule has 4 aromatic rings. The lowest BCUT2D eigenvalue weighted by molar-refractivity contribution is 0.621. The van der Waals surface area contributed by atoms with E-state index in [2.05, 4.69) is 26.3 Å². The Bertz CT molecular complexity index is 1070. The number of benzene rings is 2. The highest BCUT2D eigenvalue weighted by Gasteiger charge is 2.12. The van der Waals surface area contributed by atoms with E-state index >= 15 is 0 Å². The fourth-order valence-electron chi connectivity index (χ4n) is 2.37. The molecule has 0 saturated carbocycles. The van der Waals surface area contributed by atoms with Gasteiger partial charge in [-0.3, -0.25) is 5.32 Å². The lowest BCUT2D eigenvalue weighted by Gasteiger charge is -2.06. The maximum absolute atomic E-state index is 9.30. The van der Waals surface area contributed by atoms with Gasteiger partial charge in [-0.05, 0) is 24.3 Å². The molecule has 2 aromatic heterocycles. The maximum atomic E-state index is 9.30. The van der Waals surface area contributed by atoms with Crippen LogP contribution < -0.4 is 5.32 Å². The molecule has 2 aromatic carbocycles. The first-order valence-corrected chi connectivity index (χ1v) is 7.76. The Balaban J connectivity index is 1.72. The summed E-state index contributed by atoms with van der Waals surface area (Å²) >= 11 is 5.92. The zero-order valence-electron chi connectivity index (χ0n) is 12.8. The predicted octanol–water partition coefficient (Wildman–Crippen LogP) is 4.55. The molecule has 1 N–H and O–H groups in total. The lowest BCUT2D eigenvalue weighted by Crippen LogP contribution is -2.00. The number of anilines is 2. The molecule has 2 heterocycles. The van der Waals surface area contributed by atoms with Gasteiger partial charge in [0.25, 0.3) is 0 Å². The van der Waals surface area contributed by atoms with Crippen LogP contribution in [0.5, 0.6) is 0 Å². The maximum Gasteiger partial charge on any atom is 0.302 e. The Kier molecular flexibility index (Phi) is 3.77. The van der Waals surface area contributed by atoms with Crippen LogP contribution in [0, 0.1) is 11.3 Å². The van der Waals surface area contributed by atoms with Crippen LogP contribution in [0.1, 0.15) is 5.56 Å². The summed E-state index contributed by atoms with van der Waals surface area (Å²) in [6.07, 6.45) is 1.46. The summed E-state index contributed by atoms with van der Waals surface area (Å²) in [5.41, 5.74) is 3.04. The first-order chi connectivity index (χ1) is 12.2. The standard InChI is InChI=1S/C18H10ClN5O/c19-13-7-5-11(6-8-13)16-12(9-20)10-21-17(23-16)24-18-22-14-3-1-2-4-15(14)25-18/h1-8,10H,(H,21,22,23,24). The second-order valence-corrected chi connectivity index (χ2v) is 5.62. The topological polar surface area (TPSA) is 87.6 Å². The molecule has 0 amide bonds. The van der Waals surface area contributed by atoms with Gasteiger partial charge in [-0.25, -0.2) is 9.97 Å². The highest BCUT2D eigenvalue weighted by molar-refractivity contribution is 6.30. The Labute approximate surface area is 147 Å².